The zero-order valence-corrected chi connectivity index (χ0v) is 18.5. The van der Waals surface area contributed by atoms with Gasteiger partial charge < -0.3 is 14.2 Å². The number of benzene rings is 2. The average molecular weight is 464 g/mol. The third kappa shape index (κ3) is 5.08. The van der Waals surface area contributed by atoms with Crippen molar-refractivity contribution in [3.63, 3.8) is 0 Å². The summed E-state index contributed by atoms with van der Waals surface area (Å²) in [6.45, 7) is 3.57. The van der Waals surface area contributed by atoms with Crippen LogP contribution in [0.4, 0.5) is 10.6 Å². The van der Waals surface area contributed by atoms with E-state index < -0.39 is 0 Å². The van der Waals surface area contributed by atoms with E-state index in [9.17, 15) is 4.79 Å². The van der Waals surface area contributed by atoms with Gasteiger partial charge in [0, 0.05) is 43.9 Å². The van der Waals surface area contributed by atoms with E-state index in [1.165, 1.54) is 0 Å². The van der Waals surface area contributed by atoms with Crippen molar-refractivity contribution in [3.8, 4) is 11.5 Å². The third-order valence-electron chi connectivity index (χ3n) is 5.47. The van der Waals surface area contributed by atoms with E-state index in [2.05, 4.69) is 26.4 Å². The molecule has 0 aliphatic carbocycles. The number of ether oxygens (including phenoxy) is 1. The summed E-state index contributed by atoms with van der Waals surface area (Å²) in [6.07, 6.45) is 1.62. The van der Waals surface area contributed by atoms with Gasteiger partial charge in [-0.1, -0.05) is 35.0 Å². The maximum atomic E-state index is 12.7. The normalized spacial score (nSPS) is 14.4. The molecule has 1 fully saturated rings. The lowest BCUT2D eigenvalue weighted by Crippen LogP contribution is -2.49. The molecule has 1 N–H and O–H groups in total. The molecule has 0 saturated carbocycles. The number of nitrogens with one attached hydrogen (secondary N) is 1. The quantitative estimate of drug-likeness (QED) is 0.447. The zero-order valence-electron chi connectivity index (χ0n) is 17.8. The Morgan fingerprint density at radius 1 is 1.03 bits per heavy atom. The second-order valence-corrected chi connectivity index (χ2v) is 8.22. The fraction of sp³-hybridized carbons (Fsp3) is 0.208. The number of piperazine rings is 1. The van der Waals surface area contributed by atoms with Crippen molar-refractivity contribution in [2.24, 2.45) is 0 Å². The Balaban J connectivity index is 1.15. The molecule has 33 heavy (non-hydrogen) atoms. The first-order chi connectivity index (χ1) is 16.1. The van der Waals surface area contributed by atoms with Gasteiger partial charge in [0.05, 0.1) is 5.39 Å². The van der Waals surface area contributed by atoms with Crippen LogP contribution in [0.2, 0.25) is 5.02 Å². The van der Waals surface area contributed by atoms with Crippen molar-refractivity contribution >= 4 is 34.5 Å². The lowest BCUT2D eigenvalue weighted by atomic mass is 10.2. The fourth-order valence-corrected chi connectivity index (χ4v) is 3.97. The van der Waals surface area contributed by atoms with E-state index in [1.54, 1.807) is 23.2 Å². The number of hydrogen-bond donors (Lipinski definition) is 1. The molecule has 2 amide bonds. The van der Waals surface area contributed by atoms with Crippen molar-refractivity contribution in [2.75, 3.05) is 31.5 Å². The minimum Gasteiger partial charge on any atom is -0.457 e. The summed E-state index contributed by atoms with van der Waals surface area (Å²) < 4.78 is 11.1. The maximum Gasteiger partial charge on any atom is 0.323 e. The summed E-state index contributed by atoms with van der Waals surface area (Å²) >= 11 is 6.04. The number of rotatable bonds is 5. The van der Waals surface area contributed by atoms with E-state index in [4.69, 9.17) is 20.9 Å². The molecule has 9 heteroatoms. The largest absolute Gasteiger partial charge is 0.457 e. The van der Waals surface area contributed by atoms with Crippen molar-refractivity contribution < 1.29 is 14.1 Å². The number of anilines is 1. The molecule has 168 valence electrons. The highest BCUT2D eigenvalue weighted by Crippen LogP contribution is 2.25. The van der Waals surface area contributed by atoms with Gasteiger partial charge in [-0.2, -0.15) is 0 Å². The number of halogens is 1. The minimum atomic E-state index is -0.189. The number of carbonyl (C=O) groups excluding carboxylic acids is 1. The molecule has 4 aromatic rings. The molecule has 1 aliphatic heterocycles. The van der Waals surface area contributed by atoms with Gasteiger partial charge in [-0.3, -0.25) is 10.2 Å². The standard InChI is InChI=1S/C24H22ClN5O3/c25-18-5-2-7-20(15-18)32-19-6-1-4-17(14-19)16-29-10-12-30(13-11-29)24(31)27-22-21-8-3-9-26-23(21)33-28-22/h1-9,14-15H,10-13,16H2,(H,27,28,31). The molecule has 2 aromatic heterocycles. The van der Waals surface area contributed by atoms with Crippen LogP contribution in [0.3, 0.4) is 0 Å². The Morgan fingerprint density at radius 3 is 2.64 bits per heavy atom. The number of hydrogen-bond acceptors (Lipinski definition) is 6. The molecule has 0 atom stereocenters. The van der Waals surface area contributed by atoms with Crippen molar-refractivity contribution in [1.82, 2.24) is 19.9 Å². The first-order valence-electron chi connectivity index (χ1n) is 10.6. The van der Waals surface area contributed by atoms with E-state index in [0.29, 0.717) is 40.8 Å². The van der Waals surface area contributed by atoms with Gasteiger partial charge in [-0.05, 0) is 48.0 Å². The second kappa shape index (κ2) is 9.48. The number of carbonyl (C=O) groups is 1. The lowest BCUT2D eigenvalue weighted by molar-refractivity contribution is 0.143. The first-order valence-corrected chi connectivity index (χ1v) is 11.0. The summed E-state index contributed by atoms with van der Waals surface area (Å²) in [4.78, 5) is 20.9. The smallest absolute Gasteiger partial charge is 0.323 e. The third-order valence-corrected chi connectivity index (χ3v) is 5.71. The van der Waals surface area contributed by atoms with Gasteiger partial charge >= 0.3 is 6.03 Å². The molecule has 0 spiro atoms. The predicted octanol–water partition coefficient (Wildman–Crippen LogP) is 5.02. The van der Waals surface area contributed by atoms with Crippen molar-refractivity contribution in [1.29, 1.82) is 0 Å². The van der Waals surface area contributed by atoms with Crippen LogP contribution in [-0.2, 0) is 6.54 Å². The van der Waals surface area contributed by atoms with Gasteiger partial charge in [0.25, 0.3) is 5.71 Å². The van der Waals surface area contributed by atoms with Crippen LogP contribution in [0, 0.1) is 0 Å². The monoisotopic (exact) mass is 463 g/mol. The number of pyridine rings is 1. The summed E-state index contributed by atoms with van der Waals surface area (Å²) in [5.74, 6) is 1.86. The molecular formula is C24H22ClN5O3. The van der Waals surface area contributed by atoms with Gasteiger partial charge in [0.2, 0.25) is 0 Å². The molecule has 1 aliphatic rings. The summed E-state index contributed by atoms with van der Waals surface area (Å²) in [5.41, 5.74) is 1.55. The van der Waals surface area contributed by atoms with Crippen molar-refractivity contribution in [2.45, 2.75) is 6.54 Å². The topological polar surface area (TPSA) is 83.7 Å². The Morgan fingerprint density at radius 2 is 1.82 bits per heavy atom. The summed E-state index contributed by atoms with van der Waals surface area (Å²) in [5, 5.41) is 8.07. The Labute approximate surface area is 195 Å². The summed E-state index contributed by atoms with van der Waals surface area (Å²) in [7, 11) is 0. The zero-order chi connectivity index (χ0) is 22.6. The molecule has 8 nitrogen and oxygen atoms in total. The van der Waals surface area contributed by atoms with E-state index in [-0.39, 0.29) is 6.03 Å². The molecule has 5 rings (SSSR count). The number of nitrogens with zero attached hydrogens (tertiary/aromatic N) is 4. The van der Waals surface area contributed by atoms with Crippen LogP contribution >= 0.6 is 11.6 Å². The highest BCUT2D eigenvalue weighted by Gasteiger charge is 2.23. The number of fused-ring (bicyclic) bond motifs is 1. The Bertz CT molecular complexity index is 1270. The van der Waals surface area contributed by atoms with Crippen molar-refractivity contribution in [3.05, 3.63) is 77.4 Å². The number of urea groups is 1. The minimum absolute atomic E-state index is 0.189. The van der Waals surface area contributed by atoms with Gasteiger partial charge in [0.1, 0.15) is 11.5 Å². The van der Waals surface area contributed by atoms with Crippen LogP contribution in [0.1, 0.15) is 5.56 Å². The molecule has 0 radical (unpaired) electrons. The number of amides is 2. The van der Waals surface area contributed by atoms with Gasteiger partial charge in [0.15, 0.2) is 5.82 Å². The Kier molecular flexibility index (Phi) is 6.10. The molecule has 0 unspecified atom stereocenters. The van der Waals surface area contributed by atoms with E-state index >= 15 is 0 Å². The Hall–Kier alpha value is -3.62. The number of aromatic nitrogens is 2. The van der Waals surface area contributed by atoms with Crippen LogP contribution in [0.5, 0.6) is 11.5 Å². The van der Waals surface area contributed by atoms with E-state index in [0.717, 1.165) is 30.9 Å². The maximum absolute atomic E-state index is 12.7. The predicted molar refractivity (Wildman–Crippen MR) is 126 cm³/mol. The molecule has 2 aromatic carbocycles. The van der Waals surface area contributed by atoms with Gasteiger partial charge in [-0.15, -0.1) is 0 Å². The lowest BCUT2D eigenvalue weighted by Gasteiger charge is -2.34. The van der Waals surface area contributed by atoms with E-state index in [1.807, 2.05) is 42.5 Å². The molecule has 3 heterocycles. The van der Waals surface area contributed by atoms with Crippen LogP contribution < -0.4 is 10.1 Å². The highest BCUT2D eigenvalue weighted by molar-refractivity contribution is 6.30. The SMILES string of the molecule is O=C(Nc1noc2ncccc12)N1CCN(Cc2cccc(Oc3cccc(Cl)c3)c2)CC1. The van der Waals surface area contributed by atoms with Crippen LogP contribution in [0.15, 0.2) is 71.4 Å². The molecular weight excluding hydrogens is 442 g/mol. The fourth-order valence-electron chi connectivity index (χ4n) is 3.79. The average Bonchev–Trinajstić information content (AvgIpc) is 3.23. The second-order valence-electron chi connectivity index (χ2n) is 7.79. The first kappa shape index (κ1) is 21.2. The van der Waals surface area contributed by atoms with Gasteiger partial charge in [-0.25, -0.2) is 9.78 Å². The highest BCUT2D eigenvalue weighted by atomic mass is 35.5. The van der Waals surface area contributed by atoms with Crippen LogP contribution in [-0.4, -0.2) is 52.2 Å². The molecule has 1 saturated heterocycles. The van der Waals surface area contributed by atoms with Crippen LogP contribution in [0.25, 0.3) is 11.1 Å². The molecule has 0 bridgehead atoms. The summed E-state index contributed by atoms with van der Waals surface area (Å²) in [6, 6.07) is 18.8.